The smallest absolute Gasteiger partial charge is 0.325 e. The molecule has 0 fully saturated rings. The van der Waals surface area contributed by atoms with E-state index in [1.807, 2.05) is 6.92 Å². The lowest BCUT2D eigenvalue weighted by Crippen LogP contribution is -2.20. The minimum absolute atomic E-state index is 0.125. The van der Waals surface area contributed by atoms with Gasteiger partial charge in [0.15, 0.2) is 0 Å². The molecule has 23 heavy (non-hydrogen) atoms. The predicted molar refractivity (Wildman–Crippen MR) is 86.1 cm³/mol. The average molecular weight is 360 g/mol. The minimum Gasteiger partial charge on any atom is -0.381 e. The molecule has 0 aliphatic heterocycles. The number of benzene rings is 1. The molecule has 0 radical (unpaired) electrons. The Bertz CT molecular complexity index is 669. The van der Waals surface area contributed by atoms with Gasteiger partial charge in [-0.05, 0) is 19.1 Å². The fourth-order valence-electron chi connectivity index (χ4n) is 1.50. The topological polar surface area (TPSA) is 76.1 Å². The van der Waals surface area contributed by atoms with Crippen molar-refractivity contribution in [1.29, 1.82) is 0 Å². The summed E-state index contributed by atoms with van der Waals surface area (Å²) in [6.07, 6.45) is 0. The summed E-state index contributed by atoms with van der Waals surface area (Å²) in [4.78, 5) is 15.9. The Hall–Kier alpha value is -1.78. The van der Waals surface area contributed by atoms with Gasteiger partial charge in [-0.15, -0.1) is 0 Å². The van der Waals surface area contributed by atoms with E-state index in [1.54, 1.807) is 0 Å². The van der Waals surface area contributed by atoms with Crippen LogP contribution in [-0.2, 0) is 4.74 Å². The summed E-state index contributed by atoms with van der Waals surface area (Å²) in [7, 11) is 0. The van der Waals surface area contributed by atoms with Crippen LogP contribution in [0.15, 0.2) is 23.4 Å². The number of nitrogens with one attached hydrogen (secondary N) is 2. The first-order chi connectivity index (χ1) is 11.1. The Morgan fingerprint density at radius 1 is 1.39 bits per heavy atom. The molecule has 0 spiro atoms. The molecule has 0 atom stereocenters. The van der Waals surface area contributed by atoms with Crippen LogP contribution in [0.1, 0.15) is 6.92 Å². The summed E-state index contributed by atoms with van der Waals surface area (Å²) in [6, 6.07) is 2.20. The van der Waals surface area contributed by atoms with Crippen LogP contribution in [0.5, 0.6) is 0 Å². The Kier molecular flexibility index (Phi) is 6.68. The highest BCUT2D eigenvalue weighted by atomic mass is 32.2. The largest absolute Gasteiger partial charge is 0.381 e. The summed E-state index contributed by atoms with van der Waals surface area (Å²) in [5.74, 6) is -0.868. The van der Waals surface area contributed by atoms with Gasteiger partial charge in [0.2, 0.25) is 10.3 Å². The maximum atomic E-state index is 13.4. The van der Waals surface area contributed by atoms with Crippen molar-refractivity contribution in [1.82, 2.24) is 9.36 Å². The Balaban J connectivity index is 1.84. The molecule has 0 aliphatic carbocycles. The van der Waals surface area contributed by atoms with E-state index >= 15 is 0 Å². The molecule has 0 bridgehead atoms. The average Bonchev–Trinajstić information content (AvgIpc) is 2.94. The molecular weight excluding hydrogens is 346 g/mol. The first-order valence-corrected chi connectivity index (χ1v) is 8.41. The van der Waals surface area contributed by atoms with Crippen LogP contribution in [0.3, 0.4) is 0 Å². The quantitative estimate of drug-likeness (QED) is 0.583. The second-order valence-corrected chi connectivity index (χ2v) is 5.94. The number of halogens is 2. The maximum absolute atomic E-state index is 13.4. The molecule has 0 aliphatic rings. The van der Waals surface area contributed by atoms with Gasteiger partial charge in [-0.25, -0.2) is 13.6 Å². The molecule has 1 aromatic heterocycles. The number of thioether (sulfide) groups is 1. The first kappa shape index (κ1) is 17.6. The zero-order chi connectivity index (χ0) is 16.7. The Labute approximate surface area is 139 Å². The van der Waals surface area contributed by atoms with Gasteiger partial charge in [-0.3, -0.25) is 5.32 Å². The fourth-order valence-corrected chi connectivity index (χ4v) is 2.89. The predicted octanol–water partition coefficient (Wildman–Crippen LogP) is 3.59. The van der Waals surface area contributed by atoms with Crippen LogP contribution in [0, 0.1) is 11.6 Å². The van der Waals surface area contributed by atoms with Gasteiger partial charge in [0.1, 0.15) is 11.6 Å². The molecular formula is C13H14F2N4O2S2. The molecule has 2 rings (SSSR count). The van der Waals surface area contributed by atoms with Gasteiger partial charge in [-0.1, -0.05) is 11.8 Å². The lowest BCUT2D eigenvalue weighted by molar-refractivity contribution is 0.164. The maximum Gasteiger partial charge on any atom is 0.325 e. The molecule has 10 heteroatoms. The Morgan fingerprint density at radius 2 is 2.22 bits per heavy atom. The SMILES string of the molecule is CCOCCSc1nsc(NC(=O)Nc2ccc(F)cc2F)n1. The molecule has 0 unspecified atom stereocenters. The van der Waals surface area contributed by atoms with E-state index < -0.39 is 17.7 Å². The second-order valence-electron chi connectivity index (χ2n) is 4.13. The normalized spacial score (nSPS) is 10.6. The molecule has 1 aromatic carbocycles. The number of carbonyl (C=O) groups excluding carboxylic acids is 1. The molecule has 1 heterocycles. The number of aromatic nitrogens is 2. The number of hydrogen-bond donors (Lipinski definition) is 2. The number of amides is 2. The van der Waals surface area contributed by atoms with E-state index in [0.717, 1.165) is 23.7 Å². The van der Waals surface area contributed by atoms with Crippen molar-refractivity contribution in [3.8, 4) is 0 Å². The van der Waals surface area contributed by atoms with Crippen LogP contribution in [0.2, 0.25) is 0 Å². The van der Waals surface area contributed by atoms with Crippen LogP contribution in [0.4, 0.5) is 24.4 Å². The van der Waals surface area contributed by atoms with Crippen LogP contribution in [-0.4, -0.2) is 34.4 Å². The number of anilines is 2. The second kappa shape index (κ2) is 8.75. The van der Waals surface area contributed by atoms with Crippen LogP contribution in [0.25, 0.3) is 0 Å². The van der Waals surface area contributed by atoms with Crippen molar-refractivity contribution in [2.24, 2.45) is 0 Å². The number of rotatable bonds is 7. The third-order valence-electron chi connectivity index (χ3n) is 2.47. The number of urea groups is 1. The highest BCUT2D eigenvalue weighted by Crippen LogP contribution is 2.20. The molecule has 0 saturated carbocycles. The summed E-state index contributed by atoms with van der Waals surface area (Å²) in [6.45, 7) is 3.15. The van der Waals surface area contributed by atoms with Gasteiger partial charge in [0.05, 0.1) is 12.3 Å². The van der Waals surface area contributed by atoms with E-state index in [-0.39, 0.29) is 10.8 Å². The molecule has 2 aromatic rings. The summed E-state index contributed by atoms with van der Waals surface area (Å²) in [5.41, 5.74) is -0.125. The first-order valence-electron chi connectivity index (χ1n) is 6.65. The van der Waals surface area contributed by atoms with Crippen molar-refractivity contribution < 1.29 is 18.3 Å². The van der Waals surface area contributed by atoms with Crippen molar-refractivity contribution >= 4 is 40.1 Å². The van der Waals surface area contributed by atoms with Crippen molar-refractivity contribution in [3.63, 3.8) is 0 Å². The van der Waals surface area contributed by atoms with E-state index in [1.165, 1.54) is 11.8 Å². The third kappa shape index (κ3) is 5.73. The van der Waals surface area contributed by atoms with Crippen molar-refractivity contribution in [3.05, 3.63) is 29.8 Å². The number of hydrogen-bond acceptors (Lipinski definition) is 6. The number of nitrogens with zero attached hydrogens (tertiary/aromatic N) is 2. The molecule has 0 saturated heterocycles. The Morgan fingerprint density at radius 3 is 2.96 bits per heavy atom. The van der Waals surface area contributed by atoms with Crippen molar-refractivity contribution in [2.75, 3.05) is 29.6 Å². The lowest BCUT2D eigenvalue weighted by Gasteiger charge is -2.06. The summed E-state index contributed by atoms with van der Waals surface area (Å²) < 4.78 is 35.5. The number of carbonyl (C=O) groups is 1. The molecule has 124 valence electrons. The number of ether oxygens (including phenoxy) is 1. The van der Waals surface area contributed by atoms with Gasteiger partial charge >= 0.3 is 6.03 Å². The van der Waals surface area contributed by atoms with Crippen molar-refractivity contribution in [2.45, 2.75) is 12.1 Å². The molecule has 6 nitrogen and oxygen atoms in total. The fraction of sp³-hybridized carbons (Fsp3) is 0.308. The summed E-state index contributed by atoms with van der Waals surface area (Å²) >= 11 is 2.42. The lowest BCUT2D eigenvalue weighted by atomic mass is 10.3. The zero-order valence-electron chi connectivity index (χ0n) is 12.1. The van der Waals surface area contributed by atoms with E-state index in [4.69, 9.17) is 4.74 Å². The summed E-state index contributed by atoms with van der Waals surface area (Å²) in [5, 5.41) is 5.53. The van der Waals surface area contributed by atoms with E-state index in [0.29, 0.717) is 30.2 Å². The third-order valence-corrected chi connectivity index (χ3v) is 4.03. The monoisotopic (exact) mass is 360 g/mol. The van der Waals surface area contributed by atoms with E-state index in [2.05, 4.69) is 20.0 Å². The van der Waals surface area contributed by atoms with Gasteiger partial charge in [0.25, 0.3) is 0 Å². The van der Waals surface area contributed by atoms with E-state index in [9.17, 15) is 13.6 Å². The zero-order valence-corrected chi connectivity index (χ0v) is 13.8. The van der Waals surface area contributed by atoms with Gasteiger partial charge in [-0.2, -0.15) is 9.36 Å². The standard InChI is InChI=1S/C13H14F2N4O2S2/c1-2-21-5-6-22-13-18-12(23-19-13)17-11(20)16-10-4-3-8(14)7-9(10)15/h3-4,7H,2,5-6H2,1H3,(H2,16,17,18,19,20). The highest BCUT2D eigenvalue weighted by molar-refractivity contribution is 7.99. The van der Waals surface area contributed by atoms with Crippen LogP contribution < -0.4 is 10.6 Å². The molecule has 2 N–H and O–H groups in total. The highest BCUT2D eigenvalue weighted by Gasteiger charge is 2.11. The minimum atomic E-state index is -0.857. The van der Waals surface area contributed by atoms with Gasteiger partial charge < -0.3 is 10.1 Å². The van der Waals surface area contributed by atoms with Gasteiger partial charge in [0, 0.05) is 30.0 Å². The van der Waals surface area contributed by atoms with Crippen LogP contribution >= 0.6 is 23.3 Å². The molecule has 2 amide bonds.